The Kier molecular flexibility index (Phi) is 1.38. The van der Waals surface area contributed by atoms with E-state index in [-0.39, 0.29) is 5.91 Å². The van der Waals surface area contributed by atoms with E-state index in [0.29, 0.717) is 11.7 Å². The van der Waals surface area contributed by atoms with Gasteiger partial charge in [-0.15, -0.1) is 0 Å². The number of imidazole rings is 1. The molecule has 1 aliphatic rings. The Morgan fingerprint density at radius 1 is 1.73 bits per heavy atom. The van der Waals surface area contributed by atoms with Crippen LogP contribution in [0.15, 0.2) is 12.5 Å². The molecule has 1 aromatic rings. The summed E-state index contributed by atoms with van der Waals surface area (Å²) in [5.41, 5.74) is 0.539. The van der Waals surface area contributed by atoms with Crippen molar-refractivity contribution in [1.29, 1.82) is 0 Å². The van der Waals surface area contributed by atoms with Gasteiger partial charge in [-0.2, -0.15) is 0 Å². The van der Waals surface area contributed by atoms with Crippen LogP contribution in [0, 0.1) is 0 Å². The summed E-state index contributed by atoms with van der Waals surface area (Å²) >= 11 is 0. The minimum Gasteiger partial charge on any atom is -0.348 e. The van der Waals surface area contributed by atoms with Crippen LogP contribution in [0.2, 0.25) is 0 Å². The predicted octanol–water partition coefficient (Wildman–Crippen LogP) is 0.302. The first-order valence-corrected chi connectivity index (χ1v) is 3.65. The molecule has 0 radical (unpaired) electrons. The van der Waals surface area contributed by atoms with Crippen LogP contribution in [0.3, 0.4) is 0 Å². The molecule has 0 spiro atoms. The molecule has 0 unspecified atom stereocenters. The largest absolute Gasteiger partial charge is 0.348 e. The summed E-state index contributed by atoms with van der Waals surface area (Å²) in [6.07, 6.45) is 5.25. The zero-order valence-electron chi connectivity index (χ0n) is 6.00. The second-order valence-electron chi connectivity index (χ2n) is 2.71. The third-order valence-corrected chi connectivity index (χ3v) is 1.66. The van der Waals surface area contributed by atoms with Crippen molar-refractivity contribution in [2.75, 3.05) is 0 Å². The highest BCUT2D eigenvalue weighted by molar-refractivity contribution is 5.92. The molecule has 1 heterocycles. The third-order valence-electron chi connectivity index (χ3n) is 1.66. The number of carbonyl (C=O) groups is 1. The average Bonchev–Trinajstić information content (AvgIpc) is 2.67. The van der Waals surface area contributed by atoms with Gasteiger partial charge in [-0.25, -0.2) is 4.98 Å². The standard InChI is InChI=1S/C7H9N3O/c11-7(10-5-1-2-5)6-3-8-4-9-6/h3-5H,1-2H2,(H,8,9)(H,10,11). The van der Waals surface area contributed by atoms with Crippen molar-refractivity contribution in [3.8, 4) is 0 Å². The number of nitrogens with zero attached hydrogens (tertiary/aromatic N) is 1. The Bertz CT molecular complexity index is 251. The number of H-pyrrole nitrogens is 1. The molecule has 11 heavy (non-hydrogen) atoms. The molecule has 0 atom stereocenters. The average molecular weight is 151 g/mol. The van der Waals surface area contributed by atoms with Gasteiger partial charge < -0.3 is 10.3 Å². The molecule has 1 aromatic heterocycles. The van der Waals surface area contributed by atoms with E-state index < -0.39 is 0 Å². The summed E-state index contributed by atoms with van der Waals surface area (Å²) in [5, 5.41) is 2.85. The summed E-state index contributed by atoms with van der Waals surface area (Å²) in [5.74, 6) is -0.0509. The highest BCUT2D eigenvalue weighted by atomic mass is 16.2. The SMILES string of the molecule is O=C(NC1CC1)c1cnc[nH]1. The number of nitrogens with one attached hydrogen (secondary N) is 2. The summed E-state index contributed by atoms with van der Waals surface area (Å²) < 4.78 is 0. The molecular weight excluding hydrogens is 142 g/mol. The number of aromatic nitrogens is 2. The quantitative estimate of drug-likeness (QED) is 0.638. The Morgan fingerprint density at radius 2 is 2.55 bits per heavy atom. The van der Waals surface area contributed by atoms with Crippen LogP contribution in [-0.2, 0) is 0 Å². The fourth-order valence-electron chi connectivity index (χ4n) is 0.871. The van der Waals surface area contributed by atoms with Crippen LogP contribution in [0.25, 0.3) is 0 Å². The van der Waals surface area contributed by atoms with Crippen LogP contribution in [-0.4, -0.2) is 21.9 Å². The van der Waals surface area contributed by atoms with E-state index in [9.17, 15) is 4.79 Å². The molecule has 0 bridgehead atoms. The molecule has 4 nitrogen and oxygen atoms in total. The summed E-state index contributed by atoms with van der Waals surface area (Å²) in [6, 6.07) is 0.408. The van der Waals surface area contributed by atoms with E-state index in [2.05, 4.69) is 15.3 Å². The first-order valence-electron chi connectivity index (χ1n) is 3.65. The second-order valence-corrected chi connectivity index (χ2v) is 2.71. The van der Waals surface area contributed by atoms with Gasteiger partial charge in [-0.3, -0.25) is 4.79 Å². The topological polar surface area (TPSA) is 57.8 Å². The predicted molar refractivity (Wildman–Crippen MR) is 39.1 cm³/mol. The molecule has 58 valence electrons. The molecule has 2 rings (SSSR count). The van der Waals surface area contributed by atoms with E-state index >= 15 is 0 Å². The first kappa shape index (κ1) is 6.39. The van der Waals surface area contributed by atoms with E-state index in [1.165, 1.54) is 12.5 Å². The zero-order chi connectivity index (χ0) is 7.68. The maximum atomic E-state index is 11.2. The van der Waals surface area contributed by atoms with Crippen molar-refractivity contribution in [3.05, 3.63) is 18.2 Å². The van der Waals surface area contributed by atoms with E-state index in [0.717, 1.165) is 12.8 Å². The lowest BCUT2D eigenvalue weighted by Gasteiger charge is -1.97. The summed E-state index contributed by atoms with van der Waals surface area (Å²) in [6.45, 7) is 0. The number of rotatable bonds is 2. The van der Waals surface area contributed by atoms with E-state index in [4.69, 9.17) is 0 Å². The van der Waals surface area contributed by atoms with Crippen molar-refractivity contribution in [2.45, 2.75) is 18.9 Å². The minimum absolute atomic E-state index is 0.0509. The van der Waals surface area contributed by atoms with Gasteiger partial charge >= 0.3 is 0 Å². The molecule has 1 aliphatic carbocycles. The Hall–Kier alpha value is -1.32. The Morgan fingerprint density at radius 3 is 3.09 bits per heavy atom. The summed E-state index contributed by atoms with van der Waals surface area (Å²) in [7, 11) is 0. The van der Waals surface area contributed by atoms with Gasteiger partial charge in [-0.05, 0) is 12.8 Å². The molecule has 4 heteroatoms. The van der Waals surface area contributed by atoms with Crippen LogP contribution >= 0.6 is 0 Å². The van der Waals surface area contributed by atoms with Crippen LogP contribution < -0.4 is 5.32 Å². The molecular formula is C7H9N3O. The van der Waals surface area contributed by atoms with Gasteiger partial charge in [0.05, 0.1) is 12.5 Å². The van der Waals surface area contributed by atoms with Crippen LogP contribution in [0.4, 0.5) is 0 Å². The maximum Gasteiger partial charge on any atom is 0.269 e. The number of aromatic amines is 1. The van der Waals surface area contributed by atoms with Gasteiger partial charge in [0.15, 0.2) is 0 Å². The van der Waals surface area contributed by atoms with Crippen LogP contribution in [0.5, 0.6) is 0 Å². The normalized spacial score (nSPS) is 16.4. The van der Waals surface area contributed by atoms with E-state index in [1.807, 2.05) is 0 Å². The molecule has 1 saturated carbocycles. The van der Waals surface area contributed by atoms with Crippen molar-refractivity contribution in [1.82, 2.24) is 15.3 Å². The molecule has 1 fully saturated rings. The van der Waals surface area contributed by atoms with Gasteiger partial charge in [0.1, 0.15) is 5.69 Å². The summed E-state index contributed by atoms with van der Waals surface area (Å²) in [4.78, 5) is 17.7. The van der Waals surface area contributed by atoms with Gasteiger partial charge in [0, 0.05) is 6.04 Å². The lowest BCUT2D eigenvalue weighted by molar-refractivity contribution is 0.0946. The van der Waals surface area contributed by atoms with Crippen molar-refractivity contribution >= 4 is 5.91 Å². The van der Waals surface area contributed by atoms with Crippen molar-refractivity contribution < 1.29 is 4.79 Å². The van der Waals surface area contributed by atoms with Crippen molar-refractivity contribution in [3.63, 3.8) is 0 Å². The highest BCUT2D eigenvalue weighted by Crippen LogP contribution is 2.18. The molecule has 0 aliphatic heterocycles. The van der Waals surface area contributed by atoms with Crippen LogP contribution in [0.1, 0.15) is 23.3 Å². The van der Waals surface area contributed by atoms with Gasteiger partial charge in [-0.1, -0.05) is 0 Å². The fraction of sp³-hybridized carbons (Fsp3) is 0.429. The number of amides is 1. The smallest absolute Gasteiger partial charge is 0.269 e. The minimum atomic E-state index is -0.0509. The van der Waals surface area contributed by atoms with Gasteiger partial charge in [0.25, 0.3) is 5.91 Å². The lowest BCUT2D eigenvalue weighted by Crippen LogP contribution is -2.25. The monoisotopic (exact) mass is 151 g/mol. The van der Waals surface area contributed by atoms with Crippen molar-refractivity contribution in [2.24, 2.45) is 0 Å². The second kappa shape index (κ2) is 2.38. The Balaban J connectivity index is 1.99. The number of carbonyl (C=O) groups excluding carboxylic acids is 1. The number of hydrogen-bond acceptors (Lipinski definition) is 2. The maximum absolute atomic E-state index is 11.2. The fourth-order valence-corrected chi connectivity index (χ4v) is 0.871. The number of hydrogen-bond donors (Lipinski definition) is 2. The molecule has 1 amide bonds. The molecule has 2 N–H and O–H groups in total. The zero-order valence-corrected chi connectivity index (χ0v) is 6.00. The first-order chi connectivity index (χ1) is 5.36. The molecule has 0 saturated heterocycles. The Labute approximate surface area is 64.0 Å². The third kappa shape index (κ3) is 1.39. The van der Waals surface area contributed by atoms with Gasteiger partial charge in [0.2, 0.25) is 0 Å². The highest BCUT2D eigenvalue weighted by Gasteiger charge is 2.23. The molecule has 0 aromatic carbocycles. The van der Waals surface area contributed by atoms with E-state index in [1.54, 1.807) is 0 Å². The lowest BCUT2D eigenvalue weighted by atomic mass is 10.4.